The van der Waals surface area contributed by atoms with Gasteiger partial charge in [-0.25, -0.2) is 0 Å². The number of aliphatic hydroxyl groups excluding tert-OH is 2. The molecule has 0 aromatic carbocycles. The Hall–Kier alpha value is -0.355. The Balaban J connectivity index is 0. The Morgan fingerprint density at radius 1 is 1.15 bits per heavy atom. The van der Waals surface area contributed by atoms with E-state index in [1.165, 1.54) is 5.98 Å². The second-order valence-electron chi connectivity index (χ2n) is 2.43. The molecule has 0 aromatic rings. The van der Waals surface area contributed by atoms with Crippen LogP contribution in [0.4, 0.5) is 0 Å². The monoisotopic (exact) mass is 190 g/mol. The highest BCUT2D eigenvalue weighted by Crippen LogP contribution is 1.94. The van der Waals surface area contributed by atoms with E-state index < -0.39 is 7.12 Å². The van der Waals surface area contributed by atoms with Gasteiger partial charge in [-0.2, -0.15) is 0 Å². The number of aliphatic hydroxyl groups is 2. The third kappa shape index (κ3) is 24.5. The van der Waals surface area contributed by atoms with Crippen LogP contribution in [0.2, 0.25) is 0 Å². The first-order valence-electron chi connectivity index (χ1n) is 4.43. The van der Waals surface area contributed by atoms with Crippen LogP contribution in [0.1, 0.15) is 26.2 Å². The fourth-order valence-electron chi connectivity index (χ4n) is 0.540. The summed E-state index contributed by atoms with van der Waals surface area (Å²) in [4.78, 5) is 0. The summed E-state index contributed by atoms with van der Waals surface area (Å²) in [7, 11) is -1.28. The summed E-state index contributed by atoms with van der Waals surface area (Å²) in [6.45, 7) is 1.85. The van der Waals surface area contributed by atoms with Crippen molar-refractivity contribution in [1.82, 2.24) is 0 Å². The predicted molar refractivity (Wildman–Crippen MR) is 53.0 cm³/mol. The number of hydrogen-bond donors (Lipinski definition) is 4. The molecule has 0 aliphatic rings. The normalized spacial score (nSPS) is 9.62. The van der Waals surface area contributed by atoms with Gasteiger partial charge in [0.15, 0.2) is 0 Å². The number of allylic oxidation sites excluding steroid dienone is 1. The molecule has 13 heavy (non-hydrogen) atoms. The number of rotatable bonds is 5. The van der Waals surface area contributed by atoms with Gasteiger partial charge in [-0.05, 0) is 6.42 Å². The summed E-state index contributed by atoms with van der Waals surface area (Å²) in [6, 6.07) is 0. The summed E-state index contributed by atoms with van der Waals surface area (Å²) < 4.78 is 0. The molecule has 0 bridgehead atoms. The minimum atomic E-state index is -1.28. The SMILES string of the molecule is CCCCC=CB(O)O.OCCO. The van der Waals surface area contributed by atoms with Gasteiger partial charge in [0, 0.05) is 0 Å². The topological polar surface area (TPSA) is 80.9 Å². The molecule has 0 aliphatic heterocycles. The van der Waals surface area contributed by atoms with Crippen LogP contribution in [0.5, 0.6) is 0 Å². The predicted octanol–water partition coefficient (Wildman–Crippen LogP) is -0.284. The first-order chi connectivity index (χ1) is 6.18. The van der Waals surface area contributed by atoms with E-state index in [4.69, 9.17) is 20.3 Å². The summed E-state index contributed by atoms with van der Waals surface area (Å²) in [5, 5.41) is 31.9. The van der Waals surface area contributed by atoms with Crippen LogP contribution in [0, 0.1) is 0 Å². The van der Waals surface area contributed by atoms with Gasteiger partial charge in [0.05, 0.1) is 13.2 Å². The molecule has 0 aliphatic carbocycles. The van der Waals surface area contributed by atoms with Gasteiger partial charge < -0.3 is 20.3 Å². The van der Waals surface area contributed by atoms with Gasteiger partial charge in [0.1, 0.15) is 0 Å². The second-order valence-corrected chi connectivity index (χ2v) is 2.43. The number of unbranched alkanes of at least 4 members (excludes halogenated alkanes) is 2. The molecule has 4 nitrogen and oxygen atoms in total. The van der Waals surface area contributed by atoms with E-state index in [9.17, 15) is 0 Å². The molecule has 0 atom stereocenters. The standard InChI is InChI=1S/C6H13BO2.C2H6O2/c1-2-3-4-5-6-7(8)9;3-1-2-4/h5-6,8-9H,2-4H2,1H3;3-4H,1-2H2. The van der Waals surface area contributed by atoms with Crippen LogP contribution in [0.15, 0.2) is 12.1 Å². The molecule has 0 amide bonds. The Bertz CT molecular complexity index is 104. The lowest BCUT2D eigenvalue weighted by Crippen LogP contribution is -2.05. The molecule has 0 saturated heterocycles. The van der Waals surface area contributed by atoms with Crippen molar-refractivity contribution < 1.29 is 20.3 Å². The van der Waals surface area contributed by atoms with Crippen LogP contribution >= 0.6 is 0 Å². The van der Waals surface area contributed by atoms with E-state index in [0.29, 0.717) is 0 Å². The summed E-state index contributed by atoms with van der Waals surface area (Å²) in [5.74, 6) is 1.38. The van der Waals surface area contributed by atoms with Crippen LogP contribution in [0.25, 0.3) is 0 Å². The largest absolute Gasteiger partial charge is 0.480 e. The van der Waals surface area contributed by atoms with Gasteiger partial charge in [-0.3, -0.25) is 0 Å². The van der Waals surface area contributed by atoms with E-state index in [1.54, 1.807) is 6.08 Å². The third-order valence-electron chi connectivity index (χ3n) is 1.13. The molecule has 0 fully saturated rings. The number of hydrogen-bond acceptors (Lipinski definition) is 4. The lowest BCUT2D eigenvalue weighted by molar-refractivity contribution is 0.186. The van der Waals surface area contributed by atoms with E-state index >= 15 is 0 Å². The molecule has 0 saturated carbocycles. The average molecular weight is 190 g/mol. The first-order valence-corrected chi connectivity index (χ1v) is 4.43. The third-order valence-corrected chi connectivity index (χ3v) is 1.13. The Kier molecular flexibility index (Phi) is 16.5. The van der Waals surface area contributed by atoms with Crippen LogP contribution in [0.3, 0.4) is 0 Å². The molecular weight excluding hydrogens is 171 g/mol. The van der Waals surface area contributed by atoms with Crippen molar-refractivity contribution in [2.45, 2.75) is 26.2 Å². The maximum Gasteiger partial charge on any atom is 0.480 e. The van der Waals surface area contributed by atoms with Crippen LogP contribution < -0.4 is 0 Å². The molecular formula is C8H19BO4. The van der Waals surface area contributed by atoms with E-state index in [1.807, 2.05) is 0 Å². The maximum absolute atomic E-state index is 8.32. The zero-order chi connectivity index (χ0) is 10.5. The van der Waals surface area contributed by atoms with E-state index in [0.717, 1.165) is 19.3 Å². The first kappa shape index (κ1) is 15.1. The zero-order valence-corrected chi connectivity index (χ0v) is 8.06. The average Bonchev–Trinajstić information content (AvgIpc) is 2.13. The summed E-state index contributed by atoms with van der Waals surface area (Å²) in [6.07, 6.45) is 4.98. The molecule has 0 aromatic heterocycles. The van der Waals surface area contributed by atoms with Crippen molar-refractivity contribution in [2.75, 3.05) is 13.2 Å². The quantitative estimate of drug-likeness (QED) is 0.355. The molecule has 0 heterocycles. The highest BCUT2D eigenvalue weighted by Gasteiger charge is 1.95. The zero-order valence-electron chi connectivity index (χ0n) is 8.06. The van der Waals surface area contributed by atoms with Crippen molar-refractivity contribution in [3.63, 3.8) is 0 Å². The van der Waals surface area contributed by atoms with Crippen molar-refractivity contribution in [2.24, 2.45) is 0 Å². The fourth-order valence-corrected chi connectivity index (χ4v) is 0.540. The molecule has 0 unspecified atom stereocenters. The molecule has 78 valence electrons. The highest BCUT2D eigenvalue weighted by atomic mass is 16.4. The van der Waals surface area contributed by atoms with Crippen molar-refractivity contribution >= 4 is 7.12 Å². The maximum atomic E-state index is 8.32. The second kappa shape index (κ2) is 14.2. The Morgan fingerprint density at radius 3 is 2.00 bits per heavy atom. The molecule has 0 rings (SSSR count). The minimum absolute atomic E-state index is 0.125. The Labute approximate surface area is 79.7 Å². The minimum Gasteiger partial charge on any atom is -0.424 e. The van der Waals surface area contributed by atoms with Gasteiger partial charge in [-0.1, -0.05) is 31.8 Å². The van der Waals surface area contributed by atoms with Crippen molar-refractivity contribution in [1.29, 1.82) is 0 Å². The lowest BCUT2D eigenvalue weighted by Gasteiger charge is -1.87. The molecule has 0 radical (unpaired) electrons. The Morgan fingerprint density at radius 2 is 1.69 bits per heavy atom. The molecule has 4 N–H and O–H groups in total. The summed E-state index contributed by atoms with van der Waals surface area (Å²) in [5.41, 5.74) is 0. The van der Waals surface area contributed by atoms with Crippen molar-refractivity contribution in [3.05, 3.63) is 12.1 Å². The molecule has 5 heteroatoms. The van der Waals surface area contributed by atoms with Gasteiger partial charge in [0.25, 0.3) is 0 Å². The van der Waals surface area contributed by atoms with E-state index in [2.05, 4.69) is 6.92 Å². The summed E-state index contributed by atoms with van der Waals surface area (Å²) >= 11 is 0. The van der Waals surface area contributed by atoms with Crippen LogP contribution in [-0.2, 0) is 0 Å². The van der Waals surface area contributed by atoms with Gasteiger partial charge in [-0.15, -0.1) is 0 Å². The van der Waals surface area contributed by atoms with Gasteiger partial charge in [0.2, 0.25) is 0 Å². The van der Waals surface area contributed by atoms with Crippen LogP contribution in [-0.4, -0.2) is 40.6 Å². The van der Waals surface area contributed by atoms with Crippen molar-refractivity contribution in [3.8, 4) is 0 Å². The van der Waals surface area contributed by atoms with E-state index in [-0.39, 0.29) is 13.2 Å². The fraction of sp³-hybridized carbons (Fsp3) is 0.750. The smallest absolute Gasteiger partial charge is 0.424 e. The molecule has 0 spiro atoms. The van der Waals surface area contributed by atoms with Gasteiger partial charge >= 0.3 is 7.12 Å². The highest BCUT2D eigenvalue weighted by molar-refractivity contribution is 6.47. The lowest BCUT2D eigenvalue weighted by atomic mass is 9.91.